The van der Waals surface area contributed by atoms with Crippen molar-refractivity contribution >= 4 is 29.7 Å². The Kier molecular flexibility index (Phi) is 9.89. The zero-order chi connectivity index (χ0) is 20.4. The first-order valence-corrected chi connectivity index (χ1v) is 8.03. The molecule has 0 aliphatic carbocycles. The molecule has 0 radical (unpaired) electrons. The molecular weight excluding hydrogens is 348 g/mol. The lowest BCUT2D eigenvalue weighted by Crippen LogP contribution is -2.55. The molecule has 0 aromatic heterocycles. The number of nitrogens with one attached hydrogen (secondary N) is 2. The lowest BCUT2D eigenvalue weighted by molar-refractivity contribution is -0.147. The minimum Gasteiger partial charge on any atom is -0.481 e. The first kappa shape index (κ1) is 23.3. The SMILES string of the molecule is CC(C)C[C@H](NC(=O)[C@@H](N)CCC(N)=O)C(=O)N[C@@H](CC(=O)O)C(=O)O. The van der Waals surface area contributed by atoms with Crippen molar-refractivity contribution in [3.63, 3.8) is 0 Å². The maximum atomic E-state index is 12.3. The van der Waals surface area contributed by atoms with E-state index in [0.717, 1.165) is 0 Å². The van der Waals surface area contributed by atoms with Gasteiger partial charge in [-0.15, -0.1) is 0 Å². The summed E-state index contributed by atoms with van der Waals surface area (Å²) in [4.78, 5) is 56.9. The fourth-order valence-corrected chi connectivity index (χ4v) is 2.06. The van der Waals surface area contributed by atoms with Gasteiger partial charge in [-0.1, -0.05) is 13.8 Å². The van der Waals surface area contributed by atoms with E-state index in [9.17, 15) is 24.0 Å². The molecular formula is C15H26N4O7. The van der Waals surface area contributed by atoms with Crippen LogP contribution in [-0.4, -0.2) is 58.0 Å². The van der Waals surface area contributed by atoms with E-state index in [-0.39, 0.29) is 25.2 Å². The molecule has 0 spiro atoms. The minimum absolute atomic E-state index is 0.00600. The van der Waals surface area contributed by atoms with Gasteiger partial charge in [0.2, 0.25) is 17.7 Å². The van der Waals surface area contributed by atoms with Crippen LogP contribution in [0.2, 0.25) is 0 Å². The van der Waals surface area contributed by atoms with Gasteiger partial charge in [0.25, 0.3) is 0 Å². The van der Waals surface area contributed by atoms with E-state index in [0.29, 0.717) is 0 Å². The predicted octanol–water partition coefficient (Wildman–Crippen LogP) is -1.85. The van der Waals surface area contributed by atoms with Gasteiger partial charge < -0.3 is 32.3 Å². The van der Waals surface area contributed by atoms with Crippen LogP contribution in [-0.2, 0) is 24.0 Å². The van der Waals surface area contributed by atoms with Crippen molar-refractivity contribution in [2.24, 2.45) is 17.4 Å². The third kappa shape index (κ3) is 9.57. The molecule has 0 heterocycles. The Labute approximate surface area is 150 Å². The highest BCUT2D eigenvalue weighted by molar-refractivity contribution is 5.92. The first-order chi connectivity index (χ1) is 11.9. The number of amides is 3. The number of aliphatic carboxylic acids is 2. The highest BCUT2D eigenvalue weighted by atomic mass is 16.4. The molecule has 0 fully saturated rings. The zero-order valence-corrected chi connectivity index (χ0v) is 14.7. The molecule has 0 aliphatic heterocycles. The maximum Gasteiger partial charge on any atom is 0.326 e. The fourth-order valence-electron chi connectivity index (χ4n) is 2.06. The lowest BCUT2D eigenvalue weighted by Gasteiger charge is -2.23. The number of hydrogen-bond acceptors (Lipinski definition) is 6. The third-order valence-corrected chi connectivity index (χ3v) is 3.37. The van der Waals surface area contributed by atoms with Gasteiger partial charge in [0.15, 0.2) is 0 Å². The minimum atomic E-state index is -1.63. The number of primary amides is 1. The number of carbonyl (C=O) groups excluding carboxylic acids is 3. The number of carbonyl (C=O) groups is 5. The number of nitrogens with two attached hydrogens (primary N) is 2. The van der Waals surface area contributed by atoms with E-state index in [4.69, 9.17) is 21.7 Å². The Morgan fingerprint density at radius 2 is 1.50 bits per heavy atom. The summed E-state index contributed by atoms with van der Waals surface area (Å²) in [6.45, 7) is 3.57. The van der Waals surface area contributed by atoms with Gasteiger partial charge in [-0.05, 0) is 18.8 Å². The summed E-state index contributed by atoms with van der Waals surface area (Å²) in [6, 6.07) is -3.80. The molecule has 0 rings (SSSR count). The quantitative estimate of drug-likeness (QED) is 0.228. The Balaban J connectivity index is 5.02. The van der Waals surface area contributed by atoms with E-state index in [2.05, 4.69) is 10.6 Å². The topological polar surface area (TPSA) is 202 Å². The molecule has 11 nitrogen and oxygen atoms in total. The van der Waals surface area contributed by atoms with E-state index >= 15 is 0 Å². The standard InChI is InChI=1S/C15H26N4O7/c1-7(2)5-9(18-13(23)8(16)3-4-11(17)20)14(24)19-10(15(25)26)6-12(21)22/h7-10H,3-6,16H2,1-2H3,(H2,17,20)(H,18,23)(H,19,24)(H,21,22)(H,25,26)/t8-,9-,10-/m0/s1. The molecule has 3 atom stereocenters. The molecule has 11 heteroatoms. The van der Waals surface area contributed by atoms with Crippen molar-refractivity contribution in [3.05, 3.63) is 0 Å². The average Bonchev–Trinajstić information content (AvgIpc) is 2.49. The number of rotatable bonds is 12. The average molecular weight is 374 g/mol. The van der Waals surface area contributed by atoms with E-state index in [1.165, 1.54) is 0 Å². The summed E-state index contributed by atoms with van der Waals surface area (Å²) < 4.78 is 0. The summed E-state index contributed by atoms with van der Waals surface area (Å²) in [7, 11) is 0. The van der Waals surface area contributed by atoms with Crippen LogP contribution in [0.1, 0.15) is 39.5 Å². The Morgan fingerprint density at radius 3 is 1.92 bits per heavy atom. The van der Waals surface area contributed by atoms with Crippen LogP contribution in [0.5, 0.6) is 0 Å². The molecule has 3 amide bonds. The van der Waals surface area contributed by atoms with Crippen LogP contribution in [0.3, 0.4) is 0 Å². The highest BCUT2D eigenvalue weighted by Crippen LogP contribution is 2.07. The molecule has 0 saturated carbocycles. The Hall–Kier alpha value is -2.69. The van der Waals surface area contributed by atoms with Crippen molar-refractivity contribution in [1.82, 2.24) is 10.6 Å². The van der Waals surface area contributed by atoms with Crippen molar-refractivity contribution < 1.29 is 34.2 Å². The number of hydrogen-bond donors (Lipinski definition) is 6. The van der Waals surface area contributed by atoms with Crippen molar-refractivity contribution in [3.8, 4) is 0 Å². The van der Waals surface area contributed by atoms with Crippen LogP contribution in [0.4, 0.5) is 0 Å². The van der Waals surface area contributed by atoms with Crippen LogP contribution in [0, 0.1) is 5.92 Å². The monoisotopic (exact) mass is 374 g/mol. The largest absolute Gasteiger partial charge is 0.481 e. The summed E-state index contributed by atoms with van der Waals surface area (Å²) in [5.74, 6) is -5.08. The van der Waals surface area contributed by atoms with E-state index < -0.39 is 54.2 Å². The van der Waals surface area contributed by atoms with E-state index in [1.54, 1.807) is 13.8 Å². The lowest BCUT2D eigenvalue weighted by atomic mass is 10.0. The van der Waals surface area contributed by atoms with Gasteiger partial charge in [0.1, 0.15) is 12.1 Å². The highest BCUT2D eigenvalue weighted by Gasteiger charge is 2.29. The Morgan fingerprint density at radius 1 is 0.962 bits per heavy atom. The number of carboxylic acids is 2. The van der Waals surface area contributed by atoms with Gasteiger partial charge in [-0.2, -0.15) is 0 Å². The van der Waals surface area contributed by atoms with Gasteiger partial charge in [-0.3, -0.25) is 19.2 Å². The van der Waals surface area contributed by atoms with Crippen LogP contribution in [0.25, 0.3) is 0 Å². The molecule has 0 saturated heterocycles. The molecule has 26 heavy (non-hydrogen) atoms. The van der Waals surface area contributed by atoms with Crippen molar-refractivity contribution in [1.29, 1.82) is 0 Å². The fraction of sp³-hybridized carbons (Fsp3) is 0.667. The van der Waals surface area contributed by atoms with Crippen molar-refractivity contribution in [2.75, 3.05) is 0 Å². The van der Waals surface area contributed by atoms with Gasteiger partial charge in [-0.25, -0.2) is 4.79 Å². The molecule has 0 aromatic rings. The molecule has 0 unspecified atom stereocenters. The van der Waals surface area contributed by atoms with Crippen LogP contribution >= 0.6 is 0 Å². The summed E-state index contributed by atoms with van der Waals surface area (Å²) in [6.07, 6.45) is -0.732. The molecule has 8 N–H and O–H groups in total. The van der Waals surface area contributed by atoms with Gasteiger partial charge >= 0.3 is 11.9 Å². The summed E-state index contributed by atoms with van der Waals surface area (Å²) >= 11 is 0. The van der Waals surface area contributed by atoms with Crippen molar-refractivity contribution in [2.45, 2.75) is 57.7 Å². The predicted molar refractivity (Wildman–Crippen MR) is 89.6 cm³/mol. The second-order valence-electron chi connectivity index (χ2n) is 6.30. The van der Waals surface area contributed by atoms with Crippen LogP contribution < -0.4 is 22.1 Å². The summed E-state index contributed by atoms with van der Waals surface area (Å²) in [5, 5.41) is 22.2. The molecule has 148 valence electrons. The summed E-state index contributed by atoms with van der Waals surface area (Å²) in [5.41, 5.74) is 10.6. The third-order valence-electron chi connectivity index (χ3n) is 3.37. The van der Waals surface area contributed by atoms with Gasteiger partial charge in [0, 0.05) is 6.42 Å². The molecule has 0 aromatic carbocycles. The number of carboxylic acid groups (broad SMARTS) is 2. The van der Waals surface area contributed by atoms with Crippen LogP contribution in [0.15, 0.2) is 0 Å². The van der Waals surface area contributed by atoms with E-state index in [1.807, 2.05) is 0 Å². The van der Waals surface area contributed by atoms with Gasteiger partial charge in [0.05, 0.1) is 12.5 Å². The maximum absolute atomic E-state index is 12.3. The smallest absolute Gasteiger partial charge is 0.326 e. The normalized spacial score (nSPS) is 14.2. The second kappa shape index (κ2) is 11.0. The molecule has 0 aliphatic rings. The molecule has 0 bridgehead atoms. The zero-order valence-electron chi connectivity index (χ0n) is 14.7. The first-order valence-electron chi connectivity index (χ1n) is 8.03. The second-order valence-corrected chi connectivity index (χ2v) is 6.30. The Bertz CT molecular complexity index is 550.